The topological polar surface area (TPSA) is 79.4 Å². The fourth-order valence-corrected chi connectivity index (χ4v) is 3.26. The van der Waals surface area contributed by atoms with Crippen molar-refractivity contribution in [2.24, 2.45) is 0 Å². The molecule has 1 N–H and O–H groups in total. The van der Waals surface area contributed by atoms with Gasteiger partial charge in [-0.15, -0.1) is 0 Å². The number of hydrogen-bond donors (Lipinski definition) is 1. The number of nitrogens with zero attached hydrogens (tertiary/aromatic N) is 2. The van der Waals surface area contributed by atoms with E-state index in [1.54, 1.807) is 24.4 Å². The van der Waals surface area contributed by atoms with Gasteiger partial charge in [-0.05, 0) is 37.6 Å². The summed E-state index contributed by atoms with van der Waals surface area (Å²) in [6.07, 6.45) is 2.73. The minimum atomic E-state index is -3.57. The molecule has 1 aromatic carbocycles. The zero-order valence-corrected chi connectivity index (χ0v) is 14.8. The van der Waals surface area contributed by atoms with Crippen LogP contribution in [0.2, 0.25) is 0 Å². The third-order valence-electron chi connectivity index (χ3n) is 3.50. The fraction of sp³-hybridized carbons (Fsp3) is 0.294. The van der Waals surface area contributed by atoms with E-state index >= 15 is 0 Å². The quantitative estimate of drug-likeness (QED) is 0.864. The Morgan fingerprint density at radius 2 is 1.96 bits per heavy atom. The van der Waals surface area contributed by atoms with E-state index in [4.69, 9.17) is 0 Å². The van der Waals surface area contributed by atoms with Gasteiger partial charge in [0.1, 0.15) is 6.54 Å². The molecule has 0 unspecified atom stereocenters. The molecule has 0 aliphatic heterocycles. The number of carbonyl (C=O) groups is 1. The molecule has 6 nitrogen and oxygen atoms in total. The molecule has 0 bridgehead atoms. The van der Waals surface area contributed by atoms with Gasteiger partial charge in [0.25, 0.3) is 0 Å². The number of pyridine rings is 1. The molecule has 2 aromatic rings. The van der Waals surface area contributed by atoms with Gasteiger partial charge in [0.15, 0.2) is 0 Å². The normalized spacial score (nSPS) is 11.1. The number of aryl methyl sites for hydroxylation is 2. The zero-order valence-electron chi connectivity index (χ0n) is 14.0. The SMILES string of the molecule is Cc1ccc(N(CC(=O)NCc2ccccn2)S(C)(=O)=O)c(C)c1. The highest BCUT2D eigenvalue weighted by atomic mass is 32.2. The summed E-state index contributed by atoms with van der Waals surface area (Å²) in [5.74, 6) is -0.383. The summed E-state index contributed by atoms with van der Waals surface area (Å²) in [5, 5.41) is 2.69. The molecular formula is C17H21N3O3S. The Morgan fingerprint density at radius 1 is 1.21 bits per heavy atom. The van der Waals surface area contributed by atoms with Crippen molar-refractivity contribution in [3.05, 3.63) is 59.4 Å². The van der Waals surface area contributed by atoms with Crippen molar-refractivity contribution in [3.8, 4) is 0 Å². The Balaban J connectivity index is 2.13. The van der Waals surface area contributed by atoms with Gasteiger partial charge in [0, 0.05) is 6.20 Å². The Labute approximate surface area is 142 Å². The second kappa shape index (κ2) is 7.44. The van der Waals surface area contributed by atoms with Crippen LogP contribution in [-0.4, -0.2) is 32.1 Å². The van der Waals surface area contributed by atoms with Gasteiger partial charge in [-0.2, -0.15) is 0 Å². The van der Waals surface area contributed by atoms with E-state index in [-0.39, 0.29) is 19.0 Å². The van der Waals surface area contributed by atoms with Crippen LogP contribution in [0.25, 0.3) is 0 Å². The Bertz CT molecular complexity index is 820. The number of carbonyl (C=O) groups excluding carboxylic acids is 1. The molecule has 0 saturated carbocycles. The number of aromatic nitrogens is 1. The van der Waals surface area contributed by atoms with Crippen LogP contribution in [0.15, 0.2) is 42.6 Å². The maximum atomic E-state index is 12.2. The van der Waals surface area contributed by atoms with Gasteiger partial charge in [0.2, 0.25) is 15.9 Å². The van der Waals surface area contributed by atoms with Crippen LogP contribution in [0.1, 0.15) is 16.8 Å². The lowest BCUT2D eigenvalue weighted by Crippen LogP contribution is -2.40. The lowest BCUT2D eigenvalue weighted by atomic mass is 10.1. The first kappa shape index (κ1) is 17.9. The van der Waals surface area contributed by atoms with Crippen molar-refractivity contribution in [3.63, 3.8) is 0 Å². The van der Waals surface area contributed by atoms with Crippen LogP contribution < -0.4 is 9.62 Å². The number of hydrogen-bond acceptors (Lipinski definition) is 4. The summed E-state index contributed by atoms with van der Waals surface area (Å²) in [7, 11) is -3.57. The first-order chi connectivity index (χ1) is 11.3. The fourth-order valence-electron chi connectivity index (χ4n) is 2.34. The maximum Gasteiger partial charge on any atom is 0.241 e. The van der Waals surface area contributed by atoms with Crippen molar-refractivity contribution >= 4 is 21.6 Å². The van der Waals surface area contributed by atoms with Crippen molar-refractivity contribution < 1.29 is 13.2 Å². The second-order valence-electron chi connectivity index (χ2n) is 5.66. The molecule has 0 fully saturated rings. The maximum absolute atomic E-state index is 12.2. The van der Waals surface area contributed by atoms with Gasteiger partial charge < -0.3 is 5.32 Å². The number of sulfonamides is 1. The van der Waals surface area contributed by atoms with E-state index in [9.17, 15) is 13.2 Å². The van der Waals surface area contributed by atoms with Crippen LogP contribution in [0.5, 0.6) is 0 Å². The van der Waals surface area contributed by atoms with E-state index < -0.39 is 10.0 Å². The highest BCUT2D eigenvalue weighted by molar-refractivity contribution is 7.92. The Kier molecular flexibility index (Phi) is 5.56. The lowest BCUT2D eigenvalue weighted by molar-refractivity contribution is -0.119. The summed E-state index contributed by atoms with van der Waals surface area (Å²) in [6.45, 7) is 3.74. The molecule has 1 heterocycles. The molecule has 0 atom stereocenters. The molecule has 2 rings (SSSR count). The number of rotatable bonds is 6. The molecule has 0 saturated heterocycles. The average molecular weight is 347 g/mol. The Morgan fingerprint density at radius 3 is 2.54 bits per heavy atom. The predicted octanol–water partition coefficient (Wildman–Crippen LogP) is 1.78. The van der Waals surface area contributed by atoms with Gasteiger partial charge in [-0.3, -0.25) is 14.1 Å². The molecular weight excluding hydrogens is 326 g/mol. The number of amides is 1. The molecule has 1 amide bonds. The van der Waals surface area contributed by atoms with Gasteiger partial charge >= 0.3 is 0 Å². The molecule has 0 aliphatic carbocycles. The van der Waals surface area contributed by atoms with Crippen molar-refractivity contribution in [2.45, 2.75) is 20.4 Å². The van der Waals surface area contributed by atoms with Gasteiger partial charge in [-0.1, -0.05) is 23.8 Å². The van der Waals surface area contributed by atoms with Crippen molar-refractivity contribution in [2.75, 3.05) is 17.1 Å². The summed E-state index contributed by atoms with van der Waals surface area (Å²) in [4.78, 5) is 16.3. The minimum Gasteiger partial charge on any atom is -0.349 e. The largest absolute Gasteiger partial charge is 0.349 e. The van der Waals surface area contributed by atoms with Crippen LogP contribution >= 0.6 is 0 Å². The average Bonchev–Trinajstić information content (AvgIpc) is 2.51. The van der Waals surface area contributed by atoms with Crippen LogP contribution in [0.3, 0.4) is 0 Å². The highest BCUT2D eigenvalue weighted by Gasteiger charge is 2.22. The smallest absolute Gasteiger partial charge is 0.241 e. The predicted molar refractivity (Wildman–Crippen MR) is 94.2 cm³/mol. The van der Waals surface area contributed by atoms with E-state index in [0.717, 1.165) is 21.7 Å². The van der Waals surface area contributed by atoms with Crippen LogP contribution in [-0.2, 0) is 21.4 Å². The zero-order chi connectivity index (χ0) is 17.7. The molecule has 7 heteroatoms. The number of benzene rings is 1. The highest BCUT2D eigenvalue weighted by Crippen LogP contribution is 2.23. The molecule has 0 spiro atoms. The molecule has 24 heavy (non-hydrogen) atoms. The minimum absolute atomic E-state index is 0.254. The van der Waals surface area contributed by atoms with Gasteiger partial charge in [-0.25, -0.2) is 8.42 Å². The summed E-state index contributed by atoms with van der Waals surface area (Å²) in [6, 6.07) is 10.8. The van der Waals surface area contributed by atoms with E-state index in [0.29, 0.717) is 11.4 Å². The van der Waals surface area contributed by atoms with Gasteiger partial charge in [0.05, 0.1) is 24.2 Å². The molecule has 1 aromatic heterocycles. The second-order valence-corrected chi connectivity index (χ2v) is 7.56. The van der Waals surface area contributed by atoms with E-state index in [1.165, 1.54) is 0 Å². The first-order valence-electron chi connectivity index (χ1n) is 7.49. The summed E-state index contributed by atoms with van der Waals surface area (Å²) < 4.78 is 25.3. The molecule has 0 radical (unpaired) electrons. The lowest BCUT2D eigenvalue weighted by Gasteiger charge is -2.23. The number of nitrogens with one attached hydrogen (secondary N) is 1. The van der Waals surface area contributed by atoms with Crippen molar-refractivity contribution in [1.82, 2.24) is 10.3 Å². The van der Waals surface area contributed by atoms with Crippen LogP contribution in [0.4, 0.5) is 5.69 Å². The van der Waals surface area contributed by atoms with E-state index in [1.807, 2.05) is 32.0 Å². The molecule has 128 valence electrons. The molecule has 0 aliphatic rings. The summed E-state index contributed by atoms with van der Waals surface area (Å²) in [5.41, 5.74) is 3.06. The van der Waals surface area contributed by atoms with Crippen molar-refractivity contribution in [1.29, 1.82) is 0 Å². The van der Waals surface area contributed by atoms with Crippen LogP contribution in [0, 0.1) is 13.8 Å². The first-order valence-corrected chi connectivity index (χ1v) is 9.34. The third-order valence-corrected chi connectivity index (χ3v) is 4.63. The Hall–Kier alpha value is -2.41. The summed E-state index contributed by atoms with van der Waals surface area (Å²) >= 11 is 0. The standard InChI is InChI=1S/C17H21N3O3S/c1-13-7-8-16(14(2)10-13)20(24(3,22)23)12-17(21)19-11-15-6-4-5-9-18-15/h4-10H,11-12H2,1-3H3,(H,19,21). The monoisotopic (exact) mass is 347 g/mol. The van der Waals surface area contributed by atoms with E-state index in [2.05, 4.69) is 10.3 Å². The third kappa shape index (κ3) is 4.79. The number of anilines is 1.